The number of nitrogens with one attached hydrogen (secondary N) is 1. The topological polar surface area (TPSA) is 71.8 Å². The van der Waals surface area contributed by atoms with E-state index in [0.29, 0.717) is 26.3 Å². The highest BCUT2D eigenvalue weighted by atomic mass is 35.5. The van der Waals surface area contributed by atoms with Crippen molar-refractivity contribution in [3.05, 3.63) is 41.1 Å². The Hall–Kier alpha value is -1.84. The molecule has 0 radical (unpaired) electrons. The van der Waals surface area contributed by atoms with Gasteiger partial charge in [0.05, 0.1) is 24.6 Å². The minimum Gasteiger partial charge on any atom is -0.431 e. The highest BCUT2D eigenvalue weighted by Gasteiger charge is 2.24. The second kappa shape index (κ2) is 6.58. The Kier molecular flexibility index (Phi) is 4.66. The number of benzene rings is 1. The predicted molar refractivity (Wildman–Crippen MR) is 83.9 cm³/mol. The third-order valence-electron chi connectivity index (χ3n) is 3.45. The van der Waals surface area contributed by atoms with E-state index in [9.17, 15) is 17.2 Å². The van der Waals surface area contributed by atoms with Crippen molar-refractivity contribution in [2.24, 2.45) is 0 Å². The van der Waals surface area contributed by atoms with Crippen molar-refractivity contribution in [3.8, 4) is 0 Å². The molecule has 1 aliphatic rings. The van der Waals surface area contributed by atoms with Crippen molar-refractivity contribution in [2.45, 2.75) is 5.09 Å². The van der Waals surface area contributed by atoms with Crippen LogP contribution in [0.4, 0.5) is 20.2 Å². The summed E-state index contributed by atoms with van der Waals surface area (Å²) in [6.07, 6.45) is 0. The highest BCUT2D eigenvalue weighted by Crippen LogP contribution is 2.32. The lowest BCUT2D eigenvalue weighted by molar-refractivity contribution is 0.122. The maximum atomic E-state index is 13.6. The van der Waals surface area contributed by atoms with Crippen LogP contribution in [-0.2, 0) is 14.8 Å². The van der Waals surface area contributed by atoms with Gasteiger partial charge in [-0.2, -0.15) is 8.42 Å². The largest absolute Gasteiger partial charge is 0.431 e. The normalized spacial score (nSPS) is 15.5. The fourth-order valence-corrected chi connectivity index (χ4v) is 3.51. The van der Waals surface area contributed by atoms with Gasteiger partial charge in [-0.1, -0.05) is 0 Å². The average Bonchev–Trinajstić information content (AvgIpc) is 2.99. The highest BCUT2D eigenvalue weighted by molar-refractivity contribution is 7.92. The van der Waals surface area contributed by atoms with Crippen molar-refractivity contribution in [2.75, 3.05) is 35.9 Å². The standard InChI is InChI=1S/C14H13ClF2N2O4S/c15-13-1-2-14(23-13)24(20,21)18-11-7-9(16)10(17)8-12(11)19-3-5-22-6-4-19/h1-2,7-8,18H,3-6H2. The molecule has 1 aliphatic heterocycles. The summed E-state index contributed by atoms with van der Waals surface area (Å²) in [5.41, 5.74) is 0.127. The van der Waals surface area contributed by atoms with E-state index >= 15 is 0 Å². The van der Waals surface area contributed by atoms with Crippen LogP contribution in [0.2, 0.25) is 5.22 Å². The van der Waals surface area contributed by atoms with Crippen molar-refractivity contribution >= 4 is 33.0 Å². The molecule has 2 heterocycles. The zero-order chi connectivity index (χ0) is 17.3. The summed E-state index contributed by atoms with van der Waals surface area (Å²) < 4.78 is 64.2. The number of sulfonamides is 1. The van der Waals surface area contributed by atoms with Crippen molar-refractivity contribution in [3.63, 3.8) is 0 Å². The lowest BCUT2D eigenvalue weighted by Gasteiger charge is -2.30. The minimum atomic E-state index is -4.13. The van der Waals surface area contributed by atoms with Crippen LogP contribution in [0.3, 0.4) is 0 Å². The minimum absolute atomic E-state index is 0.0941. The lowest BCUT2D eigenvalue weighted by Crippen LogP contribution is -2.37. The van der Waals surface area contributed by atoms with Gasteiger partial charge in [-0.25, -0.2) is 8.78 Å². The summed E-state index contributed by atoms with van der Waals surface area (Å²) in [6.45, 7) is 1.65. The first-order valence-electron chi connectivity index (χ1n) is 6.97. The van der Waals surface area contributed by atoms with Gasteiger partial charge < -0.3 is 14.1 Å². The first kappa shape index (κ1) is 17.0. The van der Waals surface area contributed by atoms with Crippen LogP contribution >= 0.6 is 11.6 Å². The molecule has 6 nitrogen and oxygen atoms in total. The predicted octanol–water partition coefficient (Wildman–Crippen LogP) is 2.85. The second-order valence-electron chi connectivity index (χ2n) is 5.05. The molecule has 0 unspecified atom stereocenters. The SMILES string of the molecule is O=S(=O)(Nc1cc(F)c(F)cc1N1CCOCC1)c1ccc(Cl)o1. The number of hydrogen-bond donors (Lipinski definition) is 1. The van der Waals surface area contributed by atoms with Gasteiger partial charge in [-0.05, 0) is 23.7 Å². The van der Waals surface area contributed by atoms with Crippen LogP contribution < -0.4 is 9.62 Å². The smallest absolute Gasteiger partial charge is 0.295 e. The molecule has 1 aromatic heterocycles. The summed E-state index contributed by atoms with van der Waals surface area (Å²) in [5, 5.41) is -0.528. The lowest BCUT2D eigenvalue weighted by atomic mass is 10.2. The van der Waals surface area contributed by atoms with E-state index in [-0.39, 0.29) is 16.6 Å². The Morgan fingerprint density at radius 1 is 1.12 bits per heavy atom. The molecular formula is C14H13ClF2N2O4S. The first-order valence-corrected chi connectivity index (χ1v) is 8.83. The Balaban J connectivity index is 1.98. The van der Waals surface area contributed by atoms with Gasteiger partial charge in [-0.3, -0.25) is 4.72 Å². The molecule has 1 aromatic carbocycles. The van der Waals surface area contributed by atoms with E-state index in [4.69, 9.17) is 20.8 Å². The maximum Gasteiger partial charge on any atom is 0.295 e. The number of hydrogen-bond acceptors (Lipinski definition) is 5. The van der Waals surface area contributed by atoms with Gasteiger partial charge in [-0.15, -0.1) is 0 Å². The van der Waals surface area contributed by atoms with Gasteiger partial charge >= 0.3 is 0 Å². The molecule has 0 amide bonds. The van der Waals surface area contributed by atoms with Crippen LogP contribution in [0.15, 0.2) is 33.8 Å². The van der Waals surface area contributed by atoms with E-state index in [0.717, 1.165) is 12.1 Å². The molecule has 1 fully saturated rings. The van der Waals surface area contributed by atoms with E-state index in [2.05, 4.69) is 4.72 Å². The van der Waals surface area contributed by atoms with Gasteiger partial charge in [0.25, 0.3) is 10.0 Å². The number of rotatable bonds is 4. The molecule has 0 saturated carbocycles. The first-order chi connectivity index (χ1) is 11.4. The summed E-state index contributed by atoms with van der Waals surface area (Å²) >= 11 is 5.58. The molecule has 1 N–H and O–H groups in total. The molecule has 10 heteroatoms. The molecule has 1 saturated heterocycles. The van der Waals surface area contributed by atoms with Crippen molar-refractivity contribution < 1.29 is 26.4 Å². The number of anilines is 2. The van der Waals surface area contributed by atoms with Crippen molar-refractivity contribution in [1.29, 1.82) is 0 Å². The van der Waals surface area contributed by atoms with Crippen LogP contribution in [0, 0.1) is 11.6 Å². The monoisotopic (exact) mass is 378 g/mol. The van der Waals surface area contributed by atoms with Crippen LogP contribution in [0.5, 0.6) is 0 Å². The Bertz CT molecular complexity index is 850. The zero-order valence-corrected chi connectivity index (χ0v) is 13.8. The van der Waals surface area contributed by atoms with Gasteiger partial charge in [0.2, 0.25) is 5.09 Å². The molecule has 0 aliphatic carbocycles. The Morgan fingerprint density at radius 2 is 1.79 bits per heavy atom. The number of furan rings is 1. The summed E-state index contributed by atoms with van der Waals surface area (Å²) in [7, 11) is -4.13. The van der Waals surface area contributed by atoms with Gasteiger partial charge in [0.1, 0.15) is 0 Å². The van der Waals surface area contributed by atoms with E-state index in [1.54, 1.807) is 4.90 Å². The fourth-order valence-electron chi connectivity index (χ4n) is 2.32. The number of ether oxygens (including phenoxy) is 1. The molecule has 0 bridgehead atoms. The Morgan fingerprint density at radius 3 is 2.42 bits per heavy atom. The fraction of sp³-hybridized carbons (Fsp3) is 0.286. The molecule has 0 atom stereocenters. The quantitative estimate of drug-likeness (QED) is 0.885. The van der Waals surface area contributed by atoms with Crippen LogP contribution in [0.1, 0.15) is 0 Å². The van der Waals surface area contributed by atoms with Crippen molar-refractivity contribution in [1.82, 2.24) is 0 Å². The molecule has 24 heavy (non-hydrogen) atoms. The molecule has 0 spiro atoms. The Labute approximate surface area is 142 Å². The number of nitrogens with zero attached hydrogens (tertiary/aromatic N) is 1. The van der Waals surface area contributed by atoms with Crippen LogP contribution in [-0.4, -0.2) is 34.7 Å². The average molecular weight is 379 g/mol. The zero-order valence-electron chi connectivity index (χ0n) is 12.3. The van der Waals surface area contributed by atoms with Crippen LogP contribution in [0.25, 0.3) is 0 Å². The number of halogens is 3. The maximum absolute atomic E-state index is 13.6. The van der Waals surface area contributed by atoms with E-state index in [1.807, 2.05) is 0 Å². The molecular weight excluding hydrogens is 366 g/mol. The number of morpholine rings is 1. The second-order valence-corrected chi connectivity index (χ2v) is 7.03. The van der Waals surface area contributed by atoms with E-state index < -0.39 is 26.8 Å². The van der Waals surface area contributed by atoms with E-state index in [1.165, 1.54) is 12.1 Å². The molecule has 2 aromatic rings. The third kappa shape index (κ3) is 3.47. The molecule has 130 valence electrons. The van der Waals surface area contributed by atoms with Gasteiger partial charge in [0.15, 0.2) is 16.9 Å². The molecule has 3 rings (SSSR count). The third-order valence-corrected chi connectivity index (χ3v) is 4.89. The summed E-state index contributed by atoms with van der Waals surface area (Å²) in [6, 6.07) is 4.18. The van der Waals surface area contributed by atoms with Gasteiger partial charge in [0, 0.05) is 25.2 Å². The summed E-state index contributed by atoms with van der Waals surface area (Å²) in [4.78, 5) is 1.71. The summed E-state index contributed by atoms with van der Waals surface area (Å²) in [5.74, 6) is -2.23.